The lowest BCUT2D eigenvalue weighted by Crippen LogP contribution is -2.60. The maximum Gasteiger partial charge on any atom is 0.240 e. The van der Waals surface area contributed by atoms with Crippen LogP contribution in [-0.2, 0) is 9.53 Å². The summed E-state index contributed by atoms with van der Waals surface area (Å²) in [4.78, 5) is 18.6. The summed E-state index contributed by atoms with van der Waals surface area (Å²) in [6.07, 6.45) is 0.222. The first-order valence-corrected chi connectivity index (χ1v) is 7.61. The molecule has 0 aliphatic carbocycles. The highest BCUT2D eigenvalue weighted by Gasteiger charge is 2.32. The number of amides is 1. The normalized spacial score (nSPS) is 29.4. The first kappa shape index (κ1) is 15.7. The molecular weight excluding hydrogens is 256 g/mol. The lowest BCUT2D eigenvalue weighted by Gasteiger charge is -2.40. The Morgan fingerprint density at radius 3 is 2.90 bits per heavy atom. The standard InChI is InChI=1S/C14H28N4O2/c1-4-17-7-8-20-12(10-17)11-18-6-5-15-9-13(18)14(19)16(2)3/h12-13,15H,4-11H2,1-3H3. The van der Waals surface area contributed by atoms with E-state index >= 15 is 0 Å². The van der Waals surface area contributed by atoms with Crippen molar-refractivity contribution in [3.63, 3.8) is 0 Å². The molecule has 0 saturated carbocycles. The fraction of sp³-hybridized carbons (Fsp3) is 0.929. The van der Waals surface area contributed by atoms with Gasteiger partial charge >= 0.3 is 0 Å². The molecule has 6 heteroatoms. The van der Waals surface area contributed by atoms with E-state index in [1.54, 1.807) is 4.90 Å². The van der Waals surface area contributed by atoms with Gasteiger partial charge in [-0.1, -0.05) is 6.92 Å². The molecule has 0 aromatic carbocycles. The van der Waals surface area contributed by atoms with Crippen molar-refractivity contribution >= 4 is 5.91 Å². The van der Waals surface area contributed by atoms with Crippen molar-refractivity contribution in [2.75, 3.05) is 66.5 Å². The van der Waals surface area contributed by atoms with E-state index in [1.807, 2.05) is 14.1 Å². The Balaban J connectivity index is 1.93. The van der Waals surface area contributed by atoms with Gasteiger partial charge in [0, 0.05) is 53.4 Å². The summed E-state index contributed by atoms with van der Waals surface area (Å²) in [5.74, 6) is 0.181. The van der Waals surface area contributed by atoms with E-state index < -0.39 is 0 Å². The Bertz CT molecular complexity index is 324. The van der Waals surface area contributed by atoms with Crippen LogP contribution in [0.15, 0.2) is 0 Å². The molecule has 116 valence electrons. The van der Waals surface area contributed by atoms with E-state index in [9.17, 15) is 4.79 Å². The zero-order valence-corrected chi connectivity index (χ0v) is 13.0. The second kappa shape index (κ2) is 7.36. The molecule has 2 unspecified atom stereocenters. The van der Waals surface area contributed by atoms with Gasteiger partial charge in [0.05, 0.1) is 12.7 Å². The molecule has 1 amide bonds. The highest BCUT2D eigenvalue weighted by atomic mass is 16.5. The van der Waals surface area contributed by atoms with Crippen molar-refractivity contribution in [2.45, 2.75) is 19.1 Å². The number of ether oxygens (including phenoxy) is 1. The smallest absolute Gasteiger partial charge is 0.240 e. The summed E-state index contributed by atoms with van der Waals surface area (Å²) in [6.45, 7) is 9.50. The van der Waals surface area contributed by atoms with Gasteiger partial charge in [-0.25, -0.2) is 0 Å². The number of nitrogens with one attached hydrogen (secondary N) is 1. The SMILES string of the molecule is CCN1CCOC(CN2CCNCC2C(=O)N(C)C)C1. The molecular formula is C14H28N4O2. The Morgan fingerprint density at radius 1 is 1.40 bits per heavy atom. The summed E-state index contributed by atoms with van der Waals surface area (Å²) in [5.41, 5.74) is 0. The molecule has 1 N–H and O–H groups in total. The average molecular weight is 284 g/mol. The van der Waals surface area contributed by atoms with Crippen LogP contribution in [-0.4, -0.2) is 99.3 Å². The van der Waals surface area contributed by atoms with Gasteiger partial charge in [-0.05, 0) is 6.54 Å². The molecule has 0 aromatic rings. The third kappa shape index (κ3) is 3.91. The number of carbonyl (C=O) groups is 1. The van der Waals surface area contributed by atoms with E-state index in [-0.39, 0.29) is 18.1 Å². The molecule has 2 aliphatic rings. The summed E-state index contributed by atoms with van der Waals surface area (Å²) in [6, 6.07) is -0.0562. The molecule has 2 fully saturated rings. The Hall–Kier alpha value is -0.690. The van der Waals surface area contributed by atoms with Crippen molar-refractivity contribution in [3.8, 4) is 0 Å². The quantitative estimate of drug-likeness (QED) is 0.723. The van der Waals surface area contributed by atoms with Crippen molar-refractivity contribution in [1.82, 2.24) is 20.0 Å². The zero-order chi connectivity index (χ0) is 14.5. The van der Waals surface area contributed by atoms with Gasteiger partial charge in [-0.2, -0.15) is 0 Å². The molecule has 2 atom stereocenters. The van der Waals surface area contributed by atoms with Gasteiger partial charge in [-0.3, -0.25) is 14.6 Å². The largest absolute Gasteiger partial charge is 0.374 e. The van der Waals surface area contributed by atoms with Gasteiger partial charge in [0.15, 0.2) is 0 Å². The van der Waals surface area contributed by atoms with Crippen LogP contribution in [0.2, 0.25) is 0 Å². The van der Waals surface area contributed by atoms with Gasteiger partial charge in [-0.15, -0.1) is 0 Å². The molecule has 0 bridgehead atoms. The van der Waals surface area contributed by atoms with Crippen LogP contribution in [0.25, 0.3) is 0 Å². The molecule has 0 radical (unpaired) electrons. The molecule has 0 spiro atoms. The minimum absolute atomic E-state index is 0.0562. The summed E-state index contributed by atoms with van der Waals surface area (Å²) in [7, 11) is 3.65. The van der Waals surface area contributed by atoms with E-state index in [0.717, 1.165) is 52.4 Å². The minimum atomic E-state index is -0.0562. The molecule has 2 rings (SSSR count). The zero-order valence-electron chi connectivity index (χ0n) is 13.0. The number of likely N-dealkylation sites (N-methyl/N-ethyl adjacent to an activating group) is 2. The van der Waals surface area contributed by atoms with Crippen molar-refractivity contribution in [2.24, 2.45) is 0 Å². The third-order valence-corrected chi connectivity index (χ3v) is 4.19. The maximum absolute atomic E-state index is 12.3. The molecule has 20 heavy (non-hydrogen) atoms. The summed E-state index contributed by atoms with van der Waals surface area (Å²) < 4.78 is 5.87. The minimum Gasteiger partial charge on any atom is -0.374 e. The summed E-state index contributed by atoms with van der Waals surface area (Å²) in [5, 5.41) is 3.32. The van der Waals surface area contributed by atoms with Gasteiger partial charge < -0.3 is 15.0 Å². The molecule has 6 nitrogen and oxygen atoms in total. The first-order valence-electron chi connectivity index (χ1n) is 7.61. The van der Waals surface area contributed by atoms with E-state index in [2.05, 4.69) is 22.0 Å². The predicted octanol–water partition coefficient (Wildman–Crippen LogP) is -0.931. The number of nitrogens with zero attached hydrogens (tertiary/aromatic N) is 3. The number of carbonyl (C=O) groups excluding carboxylic acids is 1. The number of piperazine rings is 1. The lowest BCUT2D eigenvalue weighted by atomic mass is 10.1. The Morgan fingerprint density at radius 2 is 2.20 bits per heavy atom. The predicted molar refractivity (Wildman–Crippen MR) is 78.8 cm³/mol. The first-order chi connectivity index (χ1) is 9.61. The Labute approximate surface area is 122 Å². The highest BCUT2D eigenvalue weighted by Crippen LogP contribution is 2.12. The van der Waals surface area contributed by atoms with E-state index in [4.69, 9.17) is 4.74 Å². The van der Waals surface area contributed by atoms with Crippen LogP contribution < -0.4 is 5.32 Å². The van der Waals surface area contributed by atoms with Gasteiger partial charge in [0.1, 0.15) is 6.04 Å². The van der Waals surface area contributed by atoms with Gasteiger partial charge in [0.25, 0.3) is 0 Å². The van der Waals surface area contributed by atoms with Crippen LogP contribution in [0.5, 0.6) is 0 Å². The van der Waals surface area contributed by atoms with E-state index in [0.29, 0.717) is 0 Å². The fourth-order valence-corrected chi connectivity index (χ4v) is 2.95. The van der Waals surface area contributed by atoms with Crippen LogP contribution in [0.1, 0.15) is 6.92 Å². The third-order valence-electron chi connectivity index (χ3n) is 4.19. The highest BCUT2D eigenvalue weighted by molar-refractivity contribution is 5.81. The van der Waals surface area contributed by atoms with E-state index in [1.165, 1.54) is 0 Å². The van der Waals surface area contributed by atoms with Crippen LogP contribution in [0, 0.1) is 0 Å². The molecule has 2 saturated heterocycles. The molecule has 2 heterocycles. The van der Waals surface area contributed by atoms with Gasteiger partial charge in [0.2, 0.25) is 5.91 Å². The monoisotopic (exact) mass is 284 g/mol. The fourth-order valence-electron chi connectivity index (χ4n) is 2.95. The van der Waals surface area contributed by atoms with Crippen molar-refractivity contribution < 1.29 is 9.53 Å². The topological polar surface area (TPSA) is 48.1 Å². The van der Waals surface area contributed by atoms with Crippen molar-refractivity contribution in [1.29, 1.82) is 0 Å². The van der Waals surface area contributed by atoms with Crippen LogP contribution in [0.3, 0.4) is 0 Å². The lowest BCUT2D eigenvalue weighted by molar-refractivity contribution is -0.136. The van der Waals surface area contributed by atoms with Crippen molar-refractivity contribution in [3.05, 3.63) is 0 Å². The number of hydrogen-bond donors (Lipinski definition) is 1. The van der Waals surface area contributed by atoms with Crippen LogP contribution in [0.4, 0.5) is 0 Å². The number of morpholine rings is 1. The average Bonchev–Trinajstić information content (AvgIpc) is 2.47. The summed E-state index contributed by atoms with van der Waals surface area (Å²) >= 11 is 0. The second-order valence-corrected chi connectivity index (χ2v) is 5.83. The second-order valence-electron chi connectivity index (χ2n) is 5.83. The number of hydrogen-bond acceptors (Lipinski definition) is 5. The molecule has 2 aliphatic heterocycles. The van der Waals surface area contributed by atoms with Crippen LogP contribution >= 0.6 is 0 Å². The number of rotatable bonds is 4. The maximum atomic E-state index is 12.3. The molecule has 0 aromatic heterocycles. The Kier molecular flexibility index (Phi) is 5.77.